The van der Waals surface area contributed by atoms with Crippen LogP contribution in [0.5, 0.6) is 0 Å². The van der Waals surface area contributed by atoms with Crippen molar-refractivity contribution in [2.45, 2.75) is 20.8 Å². The van der Waals surface area contributed by atoms with Gasteiger partial charge in [0.1, 0.15) is 17.5 Å². The molecule has 9 heteroatoms. The van der Waals surface area contributed by atoms with Crippen molar-refractivity contribution in [2.24, 2.45) is 7.05 Å². The molecule has 0 bridgehead atoms. The molecule has 0 atom stereocenters. The smallest absolute Gasteiger partial charge is 0.259 e. The lowest BCUT2D eigenvalue weighted by Crippen LogP contribution is -2.36. The monoisotopic (exact) mass is 421 g/mol. The molecule has 0 aliphatic carbocycles. The second-order valence-electron chi connectivity index (χ2n) is 7.58. The molecule has 31 heavy (non-hydrogen) atoms. The zero-order valence-electron chi connectivity index (χ0n) is 18.3. The third-order valence-corrected chi connectivity index (χ3v) is 5.31. The van der Waals surface area contributed by atoms with Crippen LogP contribution in [0, 0.1) is 20.8 Å². The first-order valence-electron chi connectivity index (χ1n) is 10.3. The van der Waals surface area contributed by atoms with Gasteiger partial charge < -0.3 is 20.3 Å². The van der Waals surface area contributed by atoms with E-state index in [4.69, 9.17) is 4.74 Å². The van der Waals surface area contributed by atoms with E-state index in [1.54, 1.807) is 4.68 Å². The minimum Gasteiger partial charge on any atom is -0.378 e. The number of ether oxygens (including phenoxy) is 1. The van der Waals surface area contributed by atoms with Crippen molar-refractivity contribution in [3.05, 3.63) is 53.1 Å². The summed E-state index contributed by atoms with van der Waals surface area (Å²) in [6.07, 6.45) is 0. The molecule has 3 aromatic rings. The third-order valence-electron chi connectivity index (χ3n) is 5.31. The number of benzene rings is 1. The van der Waals surface area contributed by atoms with Crippen molar-refractivity contribution in [1.82, 2.24) is 19.7 Å². The van der Waals surface area contributed by atoms with Crippen LogP contribution >= 0.6 is 0 Å². The standard InChI is InChI=1S/C22H27N7O2/c1-14-21(15(2)28(4)27-14)22(30)26-18-7-5-17(6-8-18)25-19-13-20(24-16(3)23-19)29-9-11-31-12-10-29/h5-8,13H,9-12H2,1-4H3,(H,26,30)(H,23,24,25). The van der Waals surface area contributed by atoms with Crippen LogP contribution in [0.1, 0.15) is 27.6 Å². The maximum atomic E-state index is 12.7. The second-order valence-corrected chi connectivity index (χ2v) is 7.58. The highest BCUT2D eigenvalue weighted by Crippen LogP contribution is 2.22. The number of anilines is 4. The van der Waals surface area contributed by atoms with Gasteiger partial charge in [0.05, 0.1) is 24.5 Å². The Morgan fingerprint density at radius 2 is 1.71 bits per heavy atom. The molecule has 162 valence electrons. The van der Waals surface area contributed by atoms with E-state index in [0.29, 0.717) is 36.0 Å². The van der Waals surface area contributed by atoms with Crippen LogP contribution in [-0.4, -0.2) is 52.0 Å². The van der Waals surface area contributed by atoms with E-state index < -0.39 is 0 Å². The van der Waals surface area contributed by atoms with Gasteiger partial charge in [-0.3, -0.25) is 9.48 Å². The summed E-state index contributed by atoms with van der Waals surface area (Å²) in [6.45, 7) is 8.66. The molecular formula is C22H27N7O2. The van der Waals surface area contributed by atoms with Gasteiger partial charge in [0.25, 0.3) is 5.91 Å². The fourth-order valence-corrected chi connectivity index (χ4v) is 3.65. The Balaban J connectivity index is 1.45. The number of carbonyl (C=O) groups is 1. The molecule has 4 rings (SSSR count). The predicted molar refractivity (Wildman–Crippen MR) is 120 cm³/mol. The number of carbonyl (C=O) groups excluding carboxylic acids is 1. The van der Waals surface area contributed by atoms with Crippen LogP contribution in [-0.2, 0) is 11.8 Å². The molecule has 2 N–H and O–H groups in total. The number of aryl methyl sites for hydroxylation is 3. The Hall–Kier alpha value is -3.46. The van der Waals surface area contributed by atoms with E-state index in [1.165, 1.54) is 0 Å². The minimum absolute atomic E-state index is 0.162. The summed E-state index contributed by atoms with van der Waals surface area (Å²) in [5, 5.41) is 10.6. The number of morpholine rings is 1. The normalized spacial score (nSPS) is 13.9. The summed E-state index contributed by atoms with van der Waals surface area (Å²) in [5.41, 5.74) is 3.75. The first kappa shape index (κ1) is 20.8. The lowest BCUT2D eigenvalue weighted by atomic mass is 10.1. The van der Waals surface area contributed by atoms with Crippen LogP contribution in [0.25, 0.3) is 0 Å². The number of nitrogens with one attached hydrogen (secondary N) is 2. The first-order valence-corrected chi connectivity index (χ1v) is 10.3. The molecule has 0 unspecified atom stereocenters. The van der Waals surface area contributed by atoms with Gasteiger partial charge in [0.2, 0.25) is 0 Å². The van der Waals surface area contributed by atoms with E-state index in [9.17, 15) is 4.79 Å². The van der Waals surface area contributed by atoms with E-state index >= 15 is 0 Å². The van der Waals surface area contributed by atoms with E-state index in [2.05, 4.69) is 30.6 Å². The SMILES string of the molecule is Cc1nc(Nc2ccc(NC(=O)c3c(C)nn(C)c3C)cc2)cc(N2CCOCC2)n1. The molecule has 0 spiro atoms. The van der Waals surface area contributed by atoms with Gasteiger partial charge >= 0.3 is 0 Å². The Labute approximate surface area is 181 Å². The lowest BCUT2D eigenvalue weighted by molar-refractivity contribution is 0.102. The number of hydrogen-bond donors (Lipinski definition) is 2. The molecule has 3 heterocycles. The summed E-state index contributed by atoms with van der Waals surface area (Å²) in [6, 6.07) is 9.48. The highest BCUT2D eigenvalue weighted by Gasteiger charge is 2.17. The van der Waals surface area contributed by atoms with Crippen LogP contribution in [0.3, 0.4) is 0 Å². The highest BCUT2D eigenvalue weighted by molar-refractivity contribution is 6.05. The Kier molecular flexibility index (Phi) is 5.85. The Morgan fingerprint density at radius 1 is 1.03 bits per heavy atom. The zero-order valence-corrected chi connectivity index (χ0v) is 18.3. The molecule has 1 amide bonds. The van der Waals surface area contributed by atoms with Crippen molar-refractivity contribution < 1.29 is 9.53 Å². The average Bonchev–Trinajstić information content (AvgIpc) is 3.01. The van der Waals surface area contributed by atoms with Crippen LogP contribution in [0.2, 0.25) is 0 Å². The van der Waals surface area contributed by atoms with Crippen molar-refractivity contribution in [2.75, 3.05) is 41.8 Å². The third kappa shape index (κ3) is 4.66. The number of hydrogen-bond acceptors (Lipinski definition) is 7. The van der Waals surface area contributed by atoms with Gasteiger partial charge in [-0.15, -0.1) is 0 Å². The van der Waals surface area contributed by atoms with Gasteiger partial charge in [-0.05, 0) is 45.0 Å². The predicted octanol–water partition coefficient (Wildman–Crippen LogP) is 2.97. The Bertz CT molecular complexity index is 1090. The molecule has 1 aromatic carbocycles. The van der Waals surface area contributed by atoms with Crippen LogP contribution < -0.4 is 15.5 Å². The zero-order chi connectivity index (χ0) is 22.0. The Morgan fingerprint density at radius 3 is 2.35 bits per heavy atom. The molecule has 0 radical (unpaired) electrons. The van der Waals surface area contributed by atoms with Crippen LogP contribution in [0.4, 0.5) is 23.0 Å². The summed E-state index contributed by atoms with van der Waals surface area (Å²) >= 11 is 0. The maximum Gasteiger partial charge on any atom is 0.259 e. The van der Waals surface area contributed by atoms with Crippen molar-refractivity contribution in [3.63, 3.8) is 0 Å². The van der Waals surface area contributed by atoms with Gasteiger partial charge in [-0.2, -0.15) is 5.10 Å². The summed E-state index contributed by atoms with van der Waals surface area (Å²) in [7, 11) is 1.83. The van der Waals surface area contributed by atoms with Crippen molar-refractivity contribution >= 4 is 28.9 Å². The van der Waals surface area contributed by atoms with Gasteiger partial charge in [0, 0.05) is 43.3 Å². The molecular weight excluding hydrogens is 394 g/mol. The minimum atomic E-state index is -0.162. The maximum absolute atomic E-state index is 12.7. The van der Waals surface area contributed by atoms with Gasteiger partial charge in [-0.25, -0.2) is 9.97 Å². The summed E-state index contributed by atoms with van der Waals surface area (Å²) < 4.78 is 7.14. The van der Waals surface area contributed by atoms with E-state index in [1.807, 2.05) is 58.2 Å². The molecule has 1 fully saturated rings. The topological polar surface area (TPSA) is 97.2 Å². The van der Waals surface area contributed by atoms with Gasteiger partial charge in [-0.1, -0.05) is 0 Å². The van der Waals surface area contributed by atoms with Crippen molar-refractivity contribution in [3.8, 4) is 0 Å². The largest absolute Gasteiger partial charge is 0.378 e. The first-order chi connectivity index (χ1) is 14.9. The van der Waals surface area contributed by atoms with Crippen LogP contribution in [0.15, 0.2) is 30.3 Å². The number of amides is 1. The number of aromatic nitrogens is 4. The molecule has 1 aliphatic rings. The lowest BCUT2D eigenvalue weighted by Gasteiger charge is -2.28. The van der Waals surface area contributed by atoms with Crippen molar-refractivity contribution in [1.29, 1.82) is 0 Å². The number of rotatable bonds is 5. The van der Waals surface area contributed by atoms with Gasteiger partial charge in [0.15, 0.2) is 0 Å². The highest BCUT2D eigenvalue weighted by atomic mass is 16.5. The molecule has 0 saturated carbocycles. The second kappa shape index (κ2) is 8.73. The molecule has 1 saturated heterocycles. The van der Waals surface area contributed by atoms with E-state index in [-0.39, 0.29) is 5.91 Å². The fraction of sp³-hybridized carbons (Fsp3) is 0.364. The number of nitrogens with zero attached hydrogens (tertiary/aromatic N) is 5. The fourth-order valence-electron chi connectivity index (χ4n) is 3.65. The molecule has 9 nitrogen and oxygen atoms in total. The average molecular weight is 422 g/mol. The quantitative estimate of drug-likeness (QED) is 0.654. The van der Waals surface area contributed by atoms with E-state index in [0.717, 1.165) is 36.1 Å². The summed E-state index contributed by atoms with van der Waals surface area (Å²) in [4.78, 5) is 23.9. The summed E-state index contributed by atoms with van der Waals surface area (Å²) in [5.74, 6) is 2.17. The molecule has 2 aromatic heterocycles. The molecule has 1 aliphatic heterocycles.